The van der Waals surface area contributed by atoms with Crippen molar-refractivity contribution in [2.45, 2.75) is 6.17 Å². The molecule has 12 aromatic rings. The Bertz CT molecular complexity index is 3820. The fourth-order valence-corrected chi connectivity index (χ4v) is 10.7. The quantitative estimate of drug-likeness (QED) is 0.185. The molecule has 9 aromatic carbocycles. The molecule has 0 aliphatic carbocycles. The van der Waals surface area contributed by atoms with Crippen LogP contribution < -0.4 is 5.32 Å². The first-order valence-electron chi connectivity index (χ1n) is 21.3. The van der Waals surface area contributed by atoms with Crippen molar-refractivity contribution in [3.8, 4) is 27.9 Å². The van der Waals surface area contributed by atoms with Crippen LogP contribution in [0, 0.1) is 0 Å². The summed E-state index contributed by atoms with van der Waals surface area (Å²) >= 11 is 1.87. The summed E-state index contributed by atoms with van der Waals surface area (Å²) in [6.45, 7) is 0. The van der Waals surface area contributed by atoms with E-state index in [2.05, 4.69) is 203 Å². The molecule has 5 nitrogen and oxygen atoms in total. The van der Waals surface area contributed by atoms with Gasteiger partial charge in [-0.05, 0) is 88.5 Å². The van der Waals surface area contributed by atoms with Gasteiger partial charge in [0.15, 0.2) is 0 Å². The summed E-state index contributed by atoms with van der Waals surface area (Å²) in [5, 5.41) is 11.0. The number of hydrogen-bond acceptors (Lipinski definition) is 4. The Hall–Kier alpha value is -8.06. The minimum absolute atomic E-state index is 0.293. The summed E-state index contributed by atoms with van der Waals surface area (Å²) in [6, 6.07) is 76.3. The van der Waals surface area contributed by atoms with Crippen LogP contribution in [0.2, 0.25) is 0 Å². The van der Waals surface area contributed by atoms with Crippen LogP contribution >= 0.6 is 11.3 Å². The lowest BCUT2D eigenvalue weighted by Gasteiger charge is -2.24. The van der Waals surface area contributed by atoms with Gasteiger partial charge in [0.1, 0.15) is 12.0 Å². The van der Waals surface area contributed by atoms with Gasteiger partial charge in [0.2, 0.25) is 5.96 Å². The normalized spacial score (nSPS) is 14.2. The number of fused-ring (bicyclic) bond motifs is 9. The summed E-state index contributed by atoms with van der Waals surface area (Å²) in [6.07, 6.45) is -0.293. The Kier molecular flexibility index (Phi) is 8.08. The number of benzene rings is 9. The van der Waals surface area contributed by atoms with Crippen molar-refractivity contribution < 1.29 is 0 Å². The molecule has 6 heteroatoms. The van der Waals surface area contributed by atoms with Crippen LogP contribution in [0.4, 0.5) is 0 Å². The van der Waals surface area contributed by atoms with Gasteiger partial charge in [-0.25, -0.2) is 4.99 Å². The number of rotatable bonds is 5. The summed E-state index contributed by atoms with van der Waals surface area (Å²) < 4.78 is 7.24. The van der Waals surface area contributed by atoms with Gasteiger partial charge in [-0.1, -0.05) is 152 Å². The maximum absolute atomic E-state index is 5.27. The Balaban J connectivity index is 0.960. The van der Waals surface area contributed by atoms with E-state index in [0.717, 1.165) is 44.5 Å². The van der Waals surface area contributed by atoms with Gasteiger partial charge in [0.25, 0.3) is 0 Å². The summed E-state index contributed by atoms with van der Waals surface area (Å²) in [5.41, 5.74) is 12.6. The predicted octanol–water partition coefficient (Wildman–Crippen LogP) is 14.5. The summed E-state index contributed by atoms with van der Waals surface area (Å²) in [7, 11) is 0. The SMILES string of the molecule is c1ccc(C2=NC(n3c4ccccc4c4cc(-c5ccc6sc7cc8c9ccccc9n(-c9cccc(-c%10ccccc%10)c9)c8cc7c6c5)ccc43)=NC(c3ccccc3)N2)cc1. The maximum Gasteiger partial charge on any atom is 0.234 e. The van der Waals surface area contributed by atoms with Crippen LogP contribution in [0.3, 0.4) is 0 Å². The van der Waals surface area contributed by atoms with E-state index < -0.39 is 0 Å². The molecule has 4 heterocycles. The zero-order valence-corrected chi connectivity index (χ0v) is 34.8. The number of para-hydroxylation sites is 2. The Labute approximate surface area is 367 Å². The molecule has 1 atom stereocenters. The smallest absolute Gasteiger partial charge is 0.234 e. The lowest BCUT2D eigenvalue weighted by atomic mass is 10.0. The molecule has 0 radical (unpaired) electrons. The zero-order valence-electron chi connectivity index (χ0n) is 34.0. The van der Waals surface area contributed by atoms with Crippen molar-refractivity contribution in [3.63, 3.8) is 0 Å². The number of thiophene rings is 1. The molecule has 63 heavy (non-hydrogen) atoms. The fraction of sp³-hybridized carbons (Fsp3) is 0.0175. The van der Waals surface area contributed by atoms with Gasteiger partial charge < -0.3 is 9.88 Å². The average molecular weight is 824 g/mol. The molecule has 0 saturated carbocycles. The van der Waals surface area contributed by atoms with E-state index >= 15 is 0 Å². The third kappa shape index (κ3) is 5.83. The Morgan fingerprint density at radius 2 is 0.952 bits per heavy atom. The number of nitrogens with zero attached hydrogens (tertiary/aromatic N) is 4. The second-order valence-corrected chi connectivity index (χ2v) is 17.3. The van der Waals surface area contributed by atoms with E-state index in [9.17, 15) is 0 Å². The second kappa shape index (κ2) is 14.3. The Morgan fingerprint density at radius 3 is 1.71 bits per heavy atom. The molecule has 3 aromatic heterocycles. The second-order valence-electron chi connectivity index (χ2n) is 16.2. The Morgan fingerprint density at radius 1 is 0.381 bits per heavy atom. The van der Waals surface area contributed by atoms with Crippen molar-refractivity contribution in [1.82, 2.24) is 14.5 Å². The van der Waals surface area contributed by atoms with E-state index in [1.165, 1.54) is 64.2 Å². The lowest BCUT2D eigenvalue weighted by molar-refractivity contribution is 0.668. The van der Waals surface area contributed by atoms with Crippen LogP contribution in [0.15, 0.2) is 222 Å². The number of hydrogen-bond donors (Lipinski definition) is 1. The van der Waals surface area contributed by atoms with E-state index in [0.29, 0.717) is 5.96 Å². The lowest BCUT2D eigenvalue weighted by Crippen LogP contribution is -2.35. The number of aromatic nitrogens is 2. The van der Waals surface area contributed by atoms with E-state index in [4.69, 9.17) is 9.98 Å². The molecule has 0 amide bonds. The number of aliphatic imine (C=N–C) groups is 2. The van der Waals surface area contributed by atoms with Crippen LogP contribution in [-0.4, -0.2) is 20.9 Å². The average Bonchev–Trinajstić information content (AvgIpc) is 4.00. The monoisotopic (exact) mass is 823 g/mol. The minimum Gasteiger partial charge on any atom is -0.344 e. The highest BCUT2D eigenvalue weighted by Crippen LogP contribution is 2.43. The summed E-state index contributed by atoms with van der Waals surface area (Å²) in [4.78, 5) is 10.5. The standard InChI is InChI=1S/C57H37N5S/c1-4-15-36(16-5-1)39-21-14-22-42(31-39)61-49-25-12-10-24-44(49)46-35-54-48(34-52(46)61)47-33-41(28-30-53(47)63-54)40-27-29-51-45(32-40)43-23-11-13-26-50(43)62(51)57-59-55(37-17-6-2-7-18-37)58-56(60-57)38-19-8-3-9-20-38/h1-35,55H,(H,58,59,60). The first-order valence-corrected chi connectivity index (χ1v) is 22.2. The molecule has 1 N–H and O–H groups in total. The van der Waals surface area contributed by atoms with Crippen molar-refractivity contribution in [3.05, 3.63) is 223 Å². The molecular weight excluding hydrogens is 787 g/mol. The molecule has 0 fully saturated rings. The van der Waals surface area contributed by atoms with Crippen LogP contribution in [0.5, 0.6) is 0 Å². The fourth-order valence-electron chi connectivity index (χ4n) is 9.60. The highest BCUT2D eigenvalue weighted by Gasteiger charge is 2.24. The predicted molar refractivity (Wildman–Crippen MR) is 266 cm³/mol. The first kappa shape index (κ1) is 35.7. The maximum atomic E-state index is 5.27. The van der Waals surface area contributed by atoms with E-state index in [1.807, 2.05) is 35.6 Å². The molecule has 1 unspecified atom stereocenters. The van der Waals surface area contributed by atoms with E-state index in [1.54, 1.807) is 0 Å². The molecule has 1 aliphatic rings. The minimum atomic E-state index is -0.293. The van der Waals surface area contributed by atoms with Gasteiger partial charge in [-0.2, -0.15) is 4.99 Å². The van der Waals surface area contributed by atoms with Gasteiger partial charge in [-0.3, -0.25) is 4.57 Å². The van der Waals surface area contributed by atoms with Gasteiger partial charge in [0.05, 0.1) is 22.1 Å². The highest BCUT2D eigenvalue weighted by molar-refractivity contribution is 7.25. The topological polar surface area (TPSA) is 46.6 Å². The van der Waals surface area contributed by atoms with Crippen molar-refractivity contribution in [2.24, 2.45) is 9.98 Å². The van der Waals surface area contributed by atoms with Gasteiger partial charge in [0, 0.05) is 53.0 Å². The molecule has 13 rings (SSSR count). The number of nitrogens with one attached hydrogen (secondary N) is 1. The largest absolute Gasteiger partial charge is 0.344 e. The van der Waals surface area contributed by atoms with Crippen molar-refractivity contribution in [1.29, 1.82) is 0 Å². The molecule has 0 bridgehead atoms. The molecule has 296 valence electrons. The third-order valence-corrected chi connectivity index (χ3v) is 13.7. The molecule has 0 saturated heterocycles. The van der Waals surface area contributed by atoms with Gasteiger partial charge >= 0.3 is 0 Å². The molecule has 0 spiro atoms. The van der Waals surface area contributed by atoms with Crippen molar-refractivity contribution in [2.75, 3.05) is 0 Å². The molecular formula is C57H37N5S. The van der Waals surface area contributed by atoms with Crippen molar-refractivity contribution >= 4 is 86.9 Å². The van der Waals surface area contributed by atoms with Crippen LogP contribution in [0.25, 0.3) is 91.7 Å². The number of amidine groups is 1. The van der Waals surface area contributed by atoms with Crippen LogP contribution in [0.1, 0.15) is 17.3 Å². The third-order valence-electron chi connectivity index (χ3n) is 12.6. The highest BCUT2D eigenvalue weighted by atomic mass is 32.1. The van der Waals surface area contributed by atoms with Crippen LogP contribution in [-0.2, 0) is 0 Å². The zero-order chi connectivity index (χ0) is 41.4. The van der Waals surface area contributed by atoms with Gasteiger partial charge in [-0.15, -0.1) is 11.3 Å². The first-order chi connectivity index (χ1) is 31.2. The summed E-state index contributed by atoms with van der Waals surface area (Å²) in [5.74, 6) is 1.45. The molecule has 1 aliphatic heterocycles. The van der Waals surface area contributed by atoms with E-state index in [-0.39, 0.29) is 6.17 Å².